The number of carbonyl (C=O) groups is 2. The molecule has 0 spiro atoms. The number of thioether (sulfide) groups is 1. The van der Waals surface area contributed by atoms with Crippen molar-refractivity contribution in [3.05, 3.63) is 24.3 Å². The Bertz CT molecular complexity index is 409. The molecule has 7 heteroatoms. The monoisotopic (exact) mass is 261 g/mol. The molecule has 1 aromatic carbocycles. The quantitative estimate of drug-likeness (QED) is 0.631. The fraction of sp³-hybridized carbons (Fsp3) is 0.200. The summed E-state index contributed by atoms with van der Waals surface area (Å²) in [6.07, 6.45) is -0.631. The average Bonchev–Trinajstić information content (AvgIpc) is 2.18. The summed E-state index contributed by atoms with van der Waals surface area (Å²) in [4.78, 5) is 21.7. The minimum Gasteiger partial charge on any atom is -0.481 e. The lowest BCUT2D eigenvalue weighted by molar-refractivity contribution is -0.139. The maximum atomic E-state index is 12.0. The van der Waals surface area contributed by atoms with Gasteiger partial charge < -0.3 is 10.4 Å². The minimum absolute atomic E-state index is 0.370. The van der Waals surface area contributed by atoms with Crippen molar-refractivity contribution in [1.82, 2.24) is 0 Å². The molecule has 2 N–H and O–H groups in total. The average molecular weight is 261 g/mol. The summed E-state index contributed by atoms with van der Waals surface area (Å²) in [7, 11) is 0. The van der Waals surface area contributed by atoms with Crippen molar-refractivity contribution in [2.45, 2.75) is 17.1 Å². The molecule has 17 heavy (non-hydrogen) atoms. The van der Waals surface area contributed by atoms with Crippen LogP contribution in [-0.2, 0) is 9.59 Å². The van der Waals surface area contributed by atoms with E-state index >= 15 is 0 Å². The number of hydrogen-bond donors (Lipinski definition) is 2. The van der Waals surface area contributed by atoms with Gasteiger partial charge in [-0.15, -0.1) is 0 Å². The molecule has 0 saturated heterocycles. The van der Waals surface area contributed by atoms with E-state index in [0.29, 0.717) is 22.3 Å². The molecule has 4 nitrogen and oxygen atoms in total. The number of halogens is 2. The molecule has 92 valence electrons. The van der Waals surface area contributed by atoms with Crippen molar-refractivity contribution in [1.29, 1.82) is 0 Å². The van der Waals surface area contributed by atoms with E-state index in [1.807, 2.05) is 0 Å². The molecule has 0 aromatic heterocycles. The summed E-state index contributed by atoms with van der Waals surface area (Å²) in [5.74, 6) is -4.39. The van der Waals surface area contributed by atoms with E-state index in [1.54, 1.807) is 0 Å². The Morgan fingerprint density at radius 3 is 2.35 bits per heavy atom. The van der Waals surface area contributed by atoms with Crippen molar-refractivity contribution in [3.8, 4) is 0 Å². The van der Waals surface area contributed by atoms with Crippen molar-refractivity contribution in [2.75, 3.05) is 5.32 Å². The largest absolute Gasteiger partial charge is 0.481 e. The first-order valence-corrected chi connectivity index (χ1v) is 5.42. The summed E-state index contributed by atoms with van der Waals surface area (Å²) in [5.41, 5.74) is 0.370. The van der Waals surface area contributed by atoms with E-state index in [9.17, 15) is 18.4 Å². The number of alkyl halides is 2. The fourth-order valence-corrected chi connectivity index (χ4v) is 1.56. The lowest BCUT2D eigenvalue weighted by Crippen LogP contribution is -2.15. The Kier molecular flexibility index (Phi) is 4.89. The van der Waals surface area contributed by atoms with Gasteiger partial charge >= 0.3 is 5.97 Å². The van der Waals surface area contributed by atoms with Crippen LogP contribution >= 0.6 is 11.8 Å². The standard InChI is InChI=1S/C10H9F2NO3S/c11-10(12)17-7-3-1-6(2-4-7)13-8(14)5-9(15)16/h1-4,10H,5H2,(H,13,14)(H,15,16). The molecule has 0 aliphatic carbocycles. The maximum Gasteiger partial charge on any atom is 0.312 e. The highest BCUT2D eigenvalue weighted by Crippen LogP contribution is 2.26. The van der Waals surface area contributed by atoms with Gasteiger partial charge in [0.05, 0.1) is 0 Å². The van der Waals surface area contributed by atoms with Crippen LogP contribution in [0.2, 0.25) is 0 Å². The highest BCUT2D eigenvalue weighted by molar-refractivity contribution is 7.99. The number of carbonyl (C=O) groups excluding carboxylic acids is 1. The van der Waals surface area contributed by atoms with Crippen LogP contribution in [0.4, 0.5) is 14.5 Å². The second-order valence-corrected chi connectivity index (χ2v) is 4.09. The van der Waals surface area contributed by atoms with Gasteiger partial charge in [0.1, 0.15) is 6.42 Å². The molecule has 0 radical (unpaired) electrons. The van der Waals surface area contributed by atoms with E-state index < -0.39 is 24.1 Å². The van der Waals surface area contributed by atoms with Crippen LogP contribution in [0.3, 0.4) is 0 Å². The van der Waals surface area contributed by atoms with Crippen LogP contribution in [0.25, 0.3) is 0 Å². The Hall–Kier alpha value is -1.63. The summed E-state index contributed by atoms with van der Waals surface area (Å²) in [6, 6.07) is 5.72. The zero-order valence-corrected chi connectivity index (χ0v) is 9.34. The SMILES string of the molecule is O=C(O)CC(=O)Nc1ccc(SC(F)F)cc1. The number of amides is 1. The Morgan fingerprint density at radius 1 is 1.29 bits per heavy atom. The predicted molar refractivity (Wildman–Crippen MR) is 59.2 cm³/mol. The first-order chi connectivity index (χ1) is 7.97. The van der Waals surface area contributed by atoms with Crippen LogP contribution in [0.15, 0.2) is 29.2 Å². The lowest BCUT2D eigenvalue weighted by atomic mass is 10.3. The first kappa shape index (κ1) is 13.4. The van der Waals surface area contributed by atoms with Crippen molar-refractivity contribution in [2.24, 2.45) is 0 Å². The molecule has 0 aliphatic heterocycles. The Labute approximate surface area is 100 Å². The molecule has 1 aromatic rings. The number of anilines is 1. The summed E-state index contributed by atoms with van der Waals surface area (Å²) in [5, 5.41) is 10.7. The topological polar surface area (TPSA) is 66.4 Å². The molecule has 0 heterocycles. The zero-order valence-electron chi connectivity index (χ0n) is 8.52. The highest BCUT2D eigenvalue weighted by atomic mass is 32.2. The Balaban J connectivity index is 2.56. The van der Waals surface area contributed by atoms with Crippen LogP contribution < -0.4 is 5.32 Å². The third-order valence-corrected chi connectivity index (χ3v) is 2.40. The van der Waals surface area contributed by atoms with Gasteiger partial charge in [0, 0.05) is 10.6 Å². The third-order valence-electron chi connectivity index (χ3n) is 1.68. The molecule has 1 rings (SSSR count). The number of rotatable bonds is 5. The normalized spacial score (nSPS) is 10.3. The molecule has 0 bridgehead atoms. The van der Waals surface area contributed by atoms with Gasteiger partial charge in [-0.25, -0.2) is 0 Å². The van der Waals surface area contributed by atoms with Gasteiger partial charge in [-0.2, -0.15) is 8.78 Å². The van der Waals surface area contributed by atoms with Gasteiger partial charge in [0.25, 0.3) is 5.76 Å². The highest BCUT2D eigenvalue weighted by Gasteiger charge is 2.08. The number of carboxylic acids is 1. The van der Waals surface area contributed by atoms with E-state index in [1.165, 1.54) is 24.3 Å². The van der Waals surface area contributed by atoms with E-state index in [-0.39, 0.29) is 0 Å². The maximum absolute atomic E-state index is 12.0. The first-order valence-electron chi connectivity index (χ1n) is 4.54. The summed E-state index contributed by atoms with van der Waals surface area (Å²) < 4.78 is 24.0. The van der Waals surface area contributed by atoms with Crippen LogP contribution in [0.1, 0.15) is 6.42 Å². The lowest BCUT2D eigenvalue weighted by Gasteiger charge is -2.04. The second kappa shape index (κ2) is 6.19. The Morgan fingerprint density at radius 2 is 1.88 bits per heavy atom. The van der Waals surface area contributed by atoms with Gasteiger partial charge in [0.2, 0.25) is 5.91 Å². The third kappa shape index (κ3) is 5.30. The molecule has 0 aliphatic rings. The molecule has 1 amide bonds. The van der Waals surface area contributed by atoms with Crippen LogP contribution in [0, 0.1) is 0 Å². The molecule has 0 unspecified atom stereocenters. The molecular formula is C10H9F2NO3S. The van der Waals surface area contributed by atoms with Gasteiger partial charge in [0.15, 0.2) is 0 Å². The van der Waals surface area contributed by atoms with E-state index in [2.05, 4.69) is 5.32 Å². The predicted octanol–water partition coefficient (Wildman–Crippen LogP) is 2.41. The number of carboxylic acid groups (broad SMARTS) is 1. The van der Waals surface area contributed by atoms with Gasteiger partial charge in [-0.3, -0.25) is 9.59 Å². The van der Waals surface area contributed by atoms with Crippen LogP contribution in [0.5, 0.6) is 0 Å². The van der Waals surface area contributed by atoms with E-state index in [4.69, 9.17) is 5.11 Å². The van der Waals surface area contributed by atoms with Crippen LogP contribution in [-0.4, -0.2) is 22.7 Å². The minimum atomic E-state index is -2.50. The molecule has 0 saturated carbocycles. The van der Waals surface area contributed by atoms with Crippen molar-refractivity contribution < 1.29 is 23.5 Å². The smallest absolute Gasteiger partial charge is 0.312 e. The number of aliphatic carboxylic acids is 1. The fourth-order valence-electron chi connectivity index (χ4n) is 1.06. The second-order valence-electron chi connectivity index (χ2n) is 3.02. The zero-order chi connectivity index (χ0) is 12.8. The number of hydrogen-bond acceptors (Lipinski definition) is 3. The van der Waals surface area contributed by atoms with Gasteiger partial charge in [-0.05, 0) is 24.3 Å². The van der Waals surface area contributed by atoms with Gasteiger partial charge in [-0.1, -0.05) is 11.8 Å². The van der Waals surface area contributed by atoms with E-state index in [0.717, 1.165) is 0 Å². The summed E-state index contributed by atoms with van der Waals surface area (Å²) in [6.45, 7) is 0. The molecular weight excluding hydrogens is 252 g/mol. The van der Waals surface area contributed by atoms with Crippen molar-refractivity contribution in [3.63, 3.8) is 0 Å². The number of benzene rings is 1. The molecule has 0 atom stereocenters. The summed E-state index contributed by atoms with van der Waals surface area (Å²) >= 11 is 0.397. The number of nitrogens with one attached hydrogen (secondary N) is 1. The molecule has 0 fully saturated rings. The van der Waals surface area contributed by atoms with Crippen molar-refractivity contribution >= 4 is 29.3 Å².